The van der Waals surface area contributed by atoms with Gasteiger partial charge in [0.2, 0.25) is 5.91 Å². The Balaban J connectivity index is 1.36. The minimum Gasteiger partial charge on any atom is -0.445 e. The van der Waals surface area contributed by atoms with E-state index in [1.165, 1.54) is 6.07 Å². The molecule has 2 aliphatic heterocycles. The van der Waals surface area contributed by atoms with Gasteiger partial charge in [0, 0.05) is 31.0 Å². The van der Waals surface area contributed by atoms with E-state index in [1.54, 1.807) is 4.90 Å². The van der Waals surface area contributed by atoms with Crippen molar-refractivity contribution in [1.82, 2.24) is 9.88 Å². The number of hydrogen-bond acceptors (Lipinski definition) is 6. The molecule has 1 aromatic carbocycles. The number of carbonyl (C=O) groups excluding carboxylic acids is 1. The molecule has 1 atom stereocenters. The lowest BCUT2D eigenvalue weighted by Crippen LogP contribution is -2.36. The highest BCUT2D eigenvalue weighted by Gasteiger charge is 2.29. The maximum atomic E-state index is 13.0. The number of amides is 1. The summed E-state index contributed by atoms with van der Waals surface area (Å²) in [6.07, 6.45) is 1.73. The molecule has 29 heavy (non-hydrogen) atoms. The topological polar surface area (TPSA) is 85.8 Å². The van der Waals surface area contributed by atoms with Gasteiger partial charge in [0.25, 0.3) is 0 Å². The summed E-state index contributed by atoms with van der Waals surface area (Å²) in [5.74, 6) is 1.78. The molecule has 0 radical (unpaired) electrons. The van der Waals surface area contributed by atoms with Gasteiger partial charge in [-0.25, -0.2) is 9.78 Å². The van der Waals surface area contributed by atoms with Gasteiger partial charge in [-0.2, -0.15) is 0 Å². The Labute approximate surface area is 167 Å². The zero-order chi connectivity index (χ0) is 20.0. The smallest absolute Gasteiger partial charge is 0.336 e. The Morgan fingerprint density at radius 1 is 1.28 bits per heavy atom. The van der Waals surface area contributed by atoms with Crippen molar-refractivity contribution in [3.05, 3.63) is 63.2 Å². The standard InChI is InChI=1S/C22H22N2O5/c1-13-2-3-16-15(10-21(26)28-19(16)8-13)9-20(25)24-6-4-18-17(11-24)23-22(29-18)14-5-7-27-12-14/h2-3,8,10,14H,4-7,9,11-12H2,1H3. The Bertz CT molecular complexity index is 1140. The van der Waals surface area contributed by atoms with E-state index >= 15 is 0 Å². The molecule has 2 aromatic heterocycles. The van der Waals surface area contributed by atoms with Crippen LogP contribution in [0.4, 0.5) is 0 Å². The van der Waals surface area contributed by atoms with Crippen molar-refractivity contribution >= 4 is 16.9 Å². The SMILES string of the molecule is Cc1ccc2c(CC(=O)N3CCc4oc(C5CCOC5)nc4C3)cc(=O)oc2c1. The average Bonchev–Trinajstić information content (AvgIpc) is 3.36. The zero-order valence-electron chi connectivity index (χ0n) is 16.3. The first kappa shape index (κ1) is 18.1. The number of fused-ring (bicyclic) bond motifs is 2. The highest BCUT2D eigenvalue weighted by atomic mass is 16.5. The number of benzene rings is 1. The Kier molecular flexibility index (Phi) is 4.47. The molecule has 0 bridgehead atoms. The van der Waals surface area contributed by atoms with Gasteiger partial charge in [0.15, 0.2) is 5.89 Å². The van der Waals surface area contributed by atoms with Crippen LogP contribution in [0.2, 0.25) is 0 Å². The molecule has 0 saturated carbocycles. The molecule has 3 aromatic rings. The largest absolute Gasteiger partial charge is 0.445 e. The monoisotopic (exact) mass is 394 g/mol. The van der Waals surface area contributed by atoms with Gasteiger partial charge in [-0.15, -0.1) is 0 Å². The van der Waals surface area contributed by atoms with E-state index in [9.17, 15) is 9.59 Å². The lowest BCUT2D eigenvalue weighted by molar-refractivity contribution is -0.131. The summed E-state index contributed by atoms with van der Waals surface area (Å²) in [6, 6.07) is 7.09. The number of hydrogen-bond donors (Lipinski definition) is 0. The number of carbonyl (C=O) groups is 1. The minimum absolute atomic E-state index is 0.0307. The summed E-state index contributed by atoms with van der Waals surface area (Å²) < 4.78 is 16.7. The molecule has 1 saturated heterocycles. The maximum absolute atomic E-state index is 13.0. The maximum Gasteiger partial charge on any atom is 0.336 e. The second-order valence-electron chi connectivity index (χ2n) is 7.81. The first-order valence-corrected chi connectivity index (χ1v) is 9.94. The summed E-state index contributed by atoms with van der Waals surface area (Å²) in [5.41, 5.74) is 2.60. The molecule has 4 heterocycles. The lowest BCUT2D eigenvalue weighted by Gasteiger charge is -2.25. The zero-order valence-corrected chi connectivity index (χ0v) is 16.3. The van der Waals surface area contributed by atoms with Crippen molar-refractivity contribution in [1.29, 1.82) is 0 Å². The third-order valence-corrected chi connectivity index (χ3v) is 5.70. The van der Waals surface area contributed by atoms with E-state index in [1.807, 2.05) is 25.1 Å². The predicted molar refractivity (Wildman–Crippen MR) is 105 cm³/mol. The minimum atomic E-state index is -0.438. The first-order valence-electron chi connectivity index (χ1n) is 9.94. The number of ether oxygens (including phenoxy) is 1. The average molecular weight is 394 g/mol. The third kappa shape index (κ3) is 3.46. The van der Waals surface area contributed by atoms with E-state index in [0.29, 0.717) is 37.3 Å². The van der Waals surface area contributed by atoms with Gasteiger partial charge in [-0.05, 0) is 30.5 Å². The number of aromatic nitrogens is 1. The molecule has 0 N–H and O–H groups in total. The molecule has 2 aliphatic rings. The van der Waals surface area contributed by atoms with Crippen LogP contribution < -0.4 is 5.63 Å². The Hall–Kier alpha value is -2.93. The van der Waals surface area contributed by atoms with E-state index in [4.69, 9.17) is 13.6 Å². The van der Waals surface area contributed by atoms with Gasteiger partial charge in [0.05, 0.1) is 25.5 Å². The molecule has 1 amide bonds. The molecule has 1 unspecified atom stereocenters. The fraction of sp³-hybridized carbons (Fsp3) is 0.409. The summed E-state index contributed by atoms with van der Waals surface area (Å²) in [5, 5.41) is 0.797. The van der Waals surface area contributed by atoms with Crippen LogP contribution in [0, 0.1) is 6.92 Å². The van der Waals surface area contributed by atoms with Crippen LogP contribution in [0.3, 0.4) is 0 Å². The third-order valence-electron chi connectivity index (χ3n) is 5.70. The molecule has 7 heteroatoms. The molecule has 7 nitrogen and oxygen atoms in total. The molecule has 1 fully saturated rings. The van der Waals surface area contributed by atoms with Gasteiger partial charge >= 0.3 is 5.63 Å². The van der Waals surface area contributed by atoms with Crippen LogP contribution >= 0.6 is 0 Å². The van der Waals surface area contributed by atoms with Crippen molar-refractivity contribution in [3.63, 3.8) is 0 Å². The summed E-state index contributed by atoms with van der Waals surface area (Å²) >= 11 is 0. The van der Waals surface area contributed by atoms with E-state index in [-0.39, 0.29) is 18.2 Å². The number of aryl methyl sites for hydroxylation is 1. The van der Waals surface area contributed by atoms with Crippen LogP contribution in [0.15, 0.2) is 37.9 Å². The van der Waals surface area contributed by atoms with E-state index < -0.39 is 5.63 Å². The highest BCUT2D eigenvalue weighted by molar-refractivity contribution is 5.87. The van der Waals surface area contributed by atoms with Crippen LogP contribution in [-0.4, -0.2) is 35.5 Å². The quantitative estimate of drug-likeness (QED) is 0.635. The van der Waals surface area contributed by atoms with Gasteiger partial charge in [-0.1, -0.05) is 12.1 Å². The van der Waals surface area contributed by atoms with Crippen LogP contribution in [0.1, 0.15) is 40.8 Å². The van der Waals surface area contributed by atoms with Crippen molar-refractivity contribution in [2.24, 2.45) is 0 Å². The second kappa shape index (κ2) is 7.15. The summed E-state index contributed by atoms with van der Waals surface area (Å²) in [4.78, 5) is 31.3. The van der Waals surface area contributed by atoms with E-state index in [2.05, 4.69) is 4.98 Å². The van der Waals surface area contributed by atoms with E-state index in [0.717, 1.165) is 41.3 Å². The molecule has 150 valence electrons. The normalized spacial score (nSPS) is 18.9. The number of oxazole rings is 1. The predicted octanol–water partition coefficient (Wildman–Crippen LogP) is 2.72. The molecular weight excluding hydrogens is 372 g/mol. The second-order valence-corrected chi connectivity index (χ2v) is 7.81. The van der Waals surface area contributed by atoms with Crippen LogP contribution in [0.25, 0.3) is 11.0 Å². The summed E-state index contributed by atoms with van der Waals surface area (Å²) in [7, 11) is 0. The van der Waals surface area contributed by atoms with Crippen LogP contribution in [-0.2, 0) is 28.9 Å². The Morgan fingerprint density at radius 3 is 3.00 bits per heavy atom. The lowest BCUT2D eigenvalue weighted by atomic mass is 10.0. The fourth-order valence-corrected chi connectivity index (χ4v) is 4.09. The number of nitrogens with zero attached hydrogens (tertiary/aromatic N) is 2. The van der Waals surface area contributed by atoms with Crippen molar-refractivity contribution in [3.8, 4) is 0 Å². The molecule has 0 aliphatic carbocycles. The van der Waals surface area contributed by atoms with Crippen molar-refractivity contribution in [2.45, 2.75) is 38.6 Å². The summed E-state index contributed by atoms with van der Waals surface area (Å²) in [6.45, 7) is 4.34. The molecule has 5 rings (SSSR count). The number of rotatable bonds is 3. The highest BCUT2D eigenvalue weighted by Crippen LogP contribution is 2.29. The molecular formula is C22H22N2O5. The van der Waals surface area contributed by atoms with Crippen molar-refractivity contribution in [2.75, 3.05) is 19.8 Å². The van der Waals surface area contributed by atoms with Gasteiger partial charge in [0.1, 0.15) is 17.0 Å². The Morgan fingerprint density at radius 2 is 2.17 bits per heavy atom. The van der Waals surface area contributed by atoms with Crippen LogP contribution in [0.5, 0.6) is 0 Å². The first-order chi connectivity index (χ1) is 14.1. The van der Waals surface area contributed by atoms with Crippen molar-refractivity contribution < 1.29 is 18.4 Å². The van der Waals surface area contributed by atoms with Gasteiger partial charge in [-0.3, -0.25) is 4.79 Å². The van der Waals surface area contributed by atoms with Gasteiger partial charge < -0.3 is 18.5 Å². The molecule has 0 spiro atoms. The fourth-order valence-electron chi connectivity index (χ4n) is 4.09.